The van der Waals surface area contributed by atoms with Crippen molar-refractivity contribution in [1.29, 1.82) is 0 Å². The number of hydrogen-bond donors (Lipinski definition) is 0. The van der Waals surface area contributed by atoms with Crippen molar-refractivity contribution in [3.05, 3.63) is 102 Å². The molecule has 3 aromatic rings. The molecule has 0 radical (unpaired) electrons. The van der Waals surface area contributed by atoms with Crippen LogP contribution in [0, 0.1) is 0 Å². The van der Waals surface area contributed by atoms with Crippen molar-refractivity contribution in [2.24, 2.45) is 0 Å². The maximum Gasteiger partial charge on any atom is 0.119 e. The molecule has 2 bridgehead atoms. The summed E-state index contributed by atoms with van der Waals surface area (Å²) in [6, 6.07) is 32.1. The molecule has 2 aliphatic heterocycles. The highest BCUT2D eigenvalue weighted by Gasteiger charge is 2.39. The number of fused-ring (bicyclic) bond motifs is 2. The van der Waals surface area contributed by atoms with Crippen LogP contribution in [-0.2, 0) is 6.54 Å². The fourth-order valence-electron chi connectivity index (χ4n) is 5.67. The summed E-state index contributed by atoms with van der Waals surface area (Å²) in [5, 5.41) is 0. The number of halogens is 2. The predicted molar refractivity (Wildman–Crippen MR) is 146 cm³/mol. The number of benzene rings is 3. The fourth-order valence-corrected chi connectivity index (χ4v) is 5.67. The van der Waals surface area contributed by atoms with Crippen LogP contribution in [0.2, 0.25) is 0 Å². The maximum atomic E-state index is 5.60. The first-order valence-electron chi connectivity index (χ1n) is 12.1. The molecule has 2 aliphatic rings. The van der Waals surface area contributed by atoms with E-state index in [1.807, 2.05) is 6.92 Å². The number of piperidine rings is 1. The molecule has 3 aromatic carbocycles. The summed E-state index contributed by atoms with van der Waals surface area (Å²) in [5.74, 6) is 1.41. The molecule has 34 heavy (non-hydrogen) atoms. The third-order valence-corrected chi connectivity index (χ3v) is 7.22. The second-order valence-electron chi connectivity index (χ2n) is 9.14. The molecule has 0 aliphatic carbocycles. The molecule has 0 aromatic heterocycles. The SMILES string of the molecule is CCOc1ccc(CN2CCN3C[C@H]2CC[C@@H]3C(c2ccccc2)c2ccccc2)cc1.Cl.Cl. The fraction of sp³-hybridized carbons (Fsp3) is 0.379. The van der Waals surface area contributed by atoms with Crippen molar-refractivity contribution in [1.82, 2.24) is 9.80 Å². The van der Waals surface area contributed by atoms with Gasteiger partial charge in [0, 0.05) is 44.2 Å². The van der Waals surface area contributed by atoms with Crippen LogP contribution in [0.15, 0.2) is 84.9 Å². The molecule has 0 saturated carbocycles. The number of nitrogens with zero attached hydrogens (tertiary/aromatic N) is 2. The van der Waals surface area contributed by atoms with E-state index in [4.69, 9.17) is 4.74 Å². The maximum absolute atomic E-state index is 5.60. The minimum atomic E-state index is 0. The van der Waals surface area contributed by atoms with E-state index in [0.717, 1.165) is 32.0 Å². The standard InChI is InChI=1S/C29H34N2O.2ClH/c1-2-32-27-16-13-23(14-17-27)21-30-19-20-31-22-26(30)15-18-28(31)29(24-9-5-3-6-10-24)25-11-7-4-8-12-25;;/h3-14,16-17,26,28-29H,2,15,18-22H2,1H3;2*1H/t26-,28-;;/m1../s1. The zero-order chi connectivity index (χ0) is 21.8. The summed E-state index contributed by atoms with van der Waals surface area (Å²) in [6.07, 6.45) is 2.52. The quantitative estimate of drug-likeness (QED) is 0.374. The van der Waals surface area contributed by atoms with Gasteiger partial charge in [0.25, 0.3) is 0 Å². The average molecular weight is 500 g/mol. The van der Waals surface area contributed by atoms with Gasteiger partial charge in [0.05, 0.1) is 6.61 Å². The lowest BCUT2D eigenvalue weighted by molar-refractivity contribution is -0.00356. The highest BCUT2D eigenvalue weighted by molar-refractivity contribution is 5.85. The van der Waals surface area contributed by atoms with E-state index in [0.29, 0.717) is 18.0 Å². The van der Waals surface area contributed by atoms with Crippen molar-refractivity contribution >= 4 is 24.8 Å². The molecule has 5 heteroatoms. The van der Waals surface area contributed by atoms with E-state index in [1.165, 1.54) is 36.1 Å². The Hall–Kier alpha value is -2.04. The third-order valence-electron chi connectivity index (χ3n) is 7.22. The Balaban J connectivity index is 0.00000162. The summed E-state index contributed by atoms with van der Waals surface area (Å²) in [5.41, 5.74) is 4.27. The average Bonchev–Trinajstić information content (AvgIpc) is 2.85. The zero-order valence-electron chi connectivity index (χ0n) is 19.9. The van der Waals surface area contributed by atoms with Gasteiger partial charge < -0.3 is 4.74 Å². The van der Waals surface area contributed by atoms with E-state index in [-0.39, 0.29) is 24.8 Å². The molecule has 3 atom stereocenters. The summed E-state index contributed by atoms with van der Waals surface area (Å²) in [4.78, 5) is 5.47. The largest absolute Gasteiger partial charge is 0.494 e. The second kappa shape index (κ2) is 12.6. The highest BCUT2D eigenvalue weighted by atomic mass is 35.5. The van der Waals surface area contributed by atoms with Crippen molar-refractivity contribution in [2.45, 2.75) is 44.3 Å². The van der Waals surface area contributed by atoms with Crippen LogP contribution in [0.1, 0.15) is 42.4 Å². The first kappa shape index (κ1) is 26.6. The summed E-state index contributed by atoms with van der Waals surface area (Å²) in [7, 11) is 0. The molecule has 2 fully saturated rings. The van der Waals surface area contributed by atoms with Crippen LogP contribution in [0.25, 0.3) is 0 Å². The molecular weight excluding hydrogens is 463 g/mol. The lowest BCUT2D eigenvalue weighted by atomic mass is 9.79. The molecule has 2 heterocycles. The Bertz CT molecular complexity index is 945. The van der Waals surface area contributed by atoms with E-state index < -0.39 is 0 Å². The van der Waals surface area contributed by atoms with Gasteiger partial charge in [0.1, 0.15) is 5.75 Å². The Morgan fingerprint density at radius 3 is 2.00 bits per heavy atom. The second-order valence-corrected chi connectivity index (χ2v) is 9.14. The van der Waals surface area contributed by atoms with Crippen LogP contribution in [0.4, 0.5) is 0 Å². The summed E-state index contributed by atoms with van der Waals surface area (Å²) >= 11 is 0. The van der Waals surface area contributed by atoms with Crippen LogP contribution in [0.3, 0.4) is 0 Å². The van der Waals surface area contributed by atoms with Gasteiger partial charge in [0.2, 0.25) is 0 Å². The minimum absolute atomic E-state index is 0. The van der Waals surface area contributed by atoms with Gasteiger partial charge in [-0.3, -0.25) is 9.80 Å². The van der Waals surface area contributed by atoms with Gasteiger partial charge in [-0.2, -0.15) is 0 Å². The van der Waals surface area contributed by atoms with Crippen LogP contribution >= 0.6 is 24.8 Å². The summed E-state index contributed by atoms with van der Waals surface area (Å²) < 4.78 is 5.60. The lowest BCUT2D eigenvalue weighted by Gasteiger charge is -2.51. The predicted octanol–water partition coefficient (Wildman–Crippen LogP) is 6.41. The molecule has 182 valence electrons. The van der Waals surface area contributed by atoms with E-state index in [9.17, 15) is 0 Å². The van der Waals surface area contributed by atoms with Gasteiger partial charge in [0.15, 0.2) is 0 Å². The molecule has 0 amide bonds. The Kier molecular flexibility index (Phi) is 9.85. The molecule has 5 rings (SSSR count). The smallest absolute Gasteiger partial charge is 0.119 e. The van der Waals surface area contributed by atoms with E-state index in [1.54, 1.807) is 0 Å². The van der Waals surface area contributed by atoms with Crippen molar-refractivity contribution in [2.75, 3.05) is 26.2 Å². The molecule has 1 unspecified atom stereocenters. The summed E-state index contributed by atoms with van der Waals surface area (Å²) in [6.45, 7) is 7.26. The Morgan fingerprint density at radius 1 is 0.794 bits per heavy atom. The number of rotatable bonds is 7. The lowest BCUT2D eigenvalue weighted by Crippen LogP contribution is -2.60. The Labute approximate surface area is 216 Å². The molecular formula is C29H36Cl2N2O. The normalized spacial score (nSPS) is 21.9. The van der Waals surface area contributed by atoms with Gasteiger partial charge in [-0.15, -0.1) is 24.8 Å². The molecule has 3 nitrogen and oxygen atoms in total. The van der Waals surface area contributed by atoms with Gasteiger partial charge >= 0.3 is 0 Å². The Morgan fingerprint density at radius 2 is 1.41 bits per heavy atom. The highest BCUT2D eigenvalue weighted by Crippen LogP contribution is 2.38. The number of hydrogen-bond acceptors (Lipinski definition) is 3. The minimum Gasteiger partial charge on any atom is -0.494 e. The molecule has 2 saturated heterocycles. The van der Waals surface area contributed by atoms with Gasteiger partial charge in [-0.25, -0.2) is 0 Å². The monoisotopic (exact) mass is 498 g/mol. The van der Waals surface area contributed by atoms with E-state index >= 15 is 0 Å². The zero-order valence-corrected chi connectivity index (χ0v) is 21.5. The molecule has 0 spiro atoms. The van der Waals surface area contributed by atoms with Crippen LogP contribution < -0.4 is 4.74 Å². The van der Waals surface area contributed by atoms with Crippen molar-refractivity contribution in [3.63, 3.8) is 0 Å². The van der Waals surface area contributed by atoms with Crippen molar-refractivity contribution in [3.8, 4) is 5.75 Å². The third kappa shape index (κ3) is 5.95. The topological polar surface area (TPSA) is 15.7 Å². The van der Waals surface area contributed by atoms with Gasteiger partial charge in [-0.1, -0.05) is 72.8 Å². The van der Waals surface area contributed by atoms with Crippen LogP contribution in [-0.4, -0.2) is 48.1 Å². The number of ether oxygens (including phenoxy) is 1. The van der Waals surface area contributed by atoms with Crippen molar-refractivity contribution < 1.29 is 4.74 Å². The van der Waals surface area contributed by atoms with Crippen LogP contribution in [0.5, 0.6) is 5.75 Å². The number of piperazine rings is 1. The first-order chi connectivity index (χ1) is 15.8. The van der Waals surface area contributed by atoms with Gasteiger partial charge in [-0.05, 0) is 48.6 Å². The first-order valence-corrected chi connectivity index (χ1v) is 12.1. The molecule has 0 N–H and O–H groups in total. The van der Waals surface area contributed by atoms with E-state index in [2.05, 4.69) is 94.7 Å².